The second-order valence-electron chi connectivity index (χ2n) is 8.96. The molecule has 4 fully saturated rings. The topological polar surface area (TPSA) is 97.0 Å². The van der Waals surface area contributed by atoms with E-state index in [1.807, 2.05) is 0 Å². The molecule has 168 valence electrons. The van der Waals surface area contributed by atoms with Crippen LogP contribution in [0.4, 0.5) is 0 Å². The maximum atomic E-state index is 12.7. The van der Waals surface area contributed by atoms with Gasteiger partial charge in [0, 0.05) is 39.3 Å². The Bertz CT molecular complexity index is 559. The van der Waals surface area contributed by atoms with E-state index in [0.29, 0.717) is 39.3 Å². The van der Waals surface area contributed by atoms with Crippen LogP contribution < -0.4 is 16.0 Å². The van der Waals surface area contributed by atoms with Gasteiger partial charge in [-0.25, -0.2) is 0 Å². The summed E-state index contributed by atoms with van der Waals surface area (Å²) in [7, 11) is 0. The van der Waals surface area contributed by atoms with E-state index in [1.165, 1.54) is 0 Å². The van der Waals surface area contributed by atoms with Crippen molar-refractivity contribution in [1.29, 1.82) is 0 Å². The van der Waals surface area contributed by atoms with Crippen LogP contribution in [-0.2, 0) is 14.4 Å². The molecule has 0 aliphatic carbocycles. The Kier molecular flexibility index (Phi) is 7.22. The lowest BCUT2D eigenvalue weighted by Crippen LogP contribution is -2.51. The molecule has 0 aromatic rings. The van der Waals surface area contributed by atoms with Gasteiger partial charge in [0.05, 0.1) is 18.1 Å². The Morgan fingerprint density at radius 2 is 0.800 bits per heavy atom. The number of nitrogens with one attached hydrogen (secondary N) is 3. The minimum absolute atomic E-state index is 0.0714. The zero-order valence-electron chi connectivity index (χ0n) is 17.9. The van der Waals surface area contributed by atoms with Gasteiger partial charge in [-0.1, -0.05) is 0 Å². The van der Waals surface area contributed by atoms with E-state index in [4.69, 9.17) is 0 Å². The van der Waals surface area contributed by atoms with Crippen molar-refractivity contribution in [3.05, 3.63) is 0 Å². The second kappa shape index (κ2) is 10.1. The summed E-state index contributed by atoms with van der Waals surface area (Å²) in [4.78, 5) is 44.7. The molecule has 0 unspecified atom stereocenters. The van der Waals surface area contributed by atoms with E-state index in [2.05, 4.69) is 30.7 Å². The van der Waals surface area contributed by atoms with Gasteiger partial charge in [0.2, 0.25) is 17.7 Å². The number of carbonyl (C=O) groups is 3. The Hall–Kier alpha value is -1.71. The van der Waals surface area contributed by atoms with Crippen molar-refractivity contribution in [2.75, 3.05) is 58.9 Å². The van der Waals surface area contributed by atoms with Gasteiger partial charge >= 0.3 is 0 Å². The van der Waals surface area contributed by atoms with Gasteiger partial charge in [-0.15, -0.1) is 0 Å². The summed E-state index contributed by atoms with van der Waals surface area (Å²) < 4.78 is 0. The third-order valence-corrected chi connectivity index (χ3v) is 7.09. The largest absolute Gasteiger partial charge is 0.353 e. The number of fused-ring (bicyclic) bond motifs is 3. The standard InChI is InChI=1S/C21H36N6O3/c28-19-16-4-1-10-25(16)13-7-23-20(29)17-5-2-12-27(17)15-9-24-21(30)18-6-3-11-26(18)14-8-22-19/h16-18H,1-15H2,(H,22,28)(H,23,29)(H,24,30)/t16-,17-,18-/m0/s1. The van der Waals surface area contributed by atoms with Crippen LogP contribution in [0.3, 0.4) is 0 Å². The average Bonchev–Trinajstić information content (AvgIpc) is 3.47. The summed E-state index contributed by atoms with van der Waals surface area (Å²) in [6.45, 7) is 6.54. The second-order valence-corrected chi connectivity index (χ2v) is 8.96. The normalized spacial score (nSPS) is 33.6. The molecule has 0 aromatic heterocycles. The van der Waals surface area contributed by atoms with E-state index < -0.39 is 0 Å². The number of carbonyl (C=O) groups excluding carboxylic acids is 3. The molecule has 4 aliphatic rings. The van der Waals surface area contributed by atoms with Crippen LogP contribution in [-0.4, -0.2) is 109 Å². The first kappa shape index (κ1) is 21.5. The molecule has 0 bridgehead atoms. The monoisotopic (exact) mass is 420 g/mol. The maximum absolute atomic E-state index is 12.7. The van der Waals surface area contributed by atoms with Crippen molar-refractivity contribution in [3.63, 3.8) is 0 Å². The smallest absolute Gasteiger partial charge is 0.237 e. The van der Waals surface area contributed by atoms with Gasteiger partial charge in [-0.3, -0.25) is 29.1 Å². The van der Waals surface area contributed by atoms with Crippen molar-refractivity contribution in [3.8, 4) is 0 Å². The Morgan fingerprint density at radius 3 is 1.10 bits per heavy atom. The first-order chi connectivity index (χ1) is 14.6. The van der Waals surface area contributed by atoms with E-state index in [1.54, 1.807) is 0 Å². The molecule has 4 heterocycles. The van der Waals surface area contributed by atoms with Crippen molar-refractivity contribution in [2.45, 2.75) is 56.7 Å². The molecule has 4 saturated heterocycles. The maximum Gasteiger partial charge on any atom is 0.237 e. The first-order valence-corrected chi connectivity index (χ1v) is 11.7. The summed E-state index contributed by atoms with van der Waals surface area (Å²) in [6.07, 6.45) is 5.63. The van der Waals surface area contributed by atoms with Gasteiger partial charge < -0.3 is 16.0 Å². The summed E-state index contributed by atoms with van der Waals surface area (Å²) in [6, 6.07) is -0.329. The molecule has 0 aromatic carbocycles. The van der Waals surface area contributed by atoms with Crippen LogP contribution in [0.2, 0.25) is 0 Å². The molecule has 0 spiro atoms. The molecule has 4 aliphatic heterocycles. The predicted molar refractivity (Wildman–Crippen MR) is 113 cm³/mol. The highest BCUT2D eigenvalue weighted by Crippen LogP contribution is 2.19. The molecule has 3 N–H and O–H groups in total. The summed E-state index contributed by atoms with van der Waals surface area (Å²) in [5, 5.41) is 9.23. The van der Waals surface area contributed by atoms with Gasteiger partial charge in [0.25, 0.3) is 0 Å². The van der Waals surface area contributed by atoms with Crippen molar-refractivity contribution in [2.24, 2.45) is 0 Å². The van der Waals surface area contributed by atoms with Crippen LogP contribution in [0.5, 0.6) is 0 Å². The number of rotatable bonds is 0. The summed E-state index contributed by atoms with van der Waals surface area (Å²) in [5.74, 6) is 0.214. The van der Waals surface area contributed by atoms with Crippen molar-refractivity contribution in [1.82, 2.24) is 30.7 Å². The third kappa shape index (κ3) is 4.95. The van der Waals surface area contributed by atoms with Gasteiger partial charge in [-0.2, -0.15) is 0 Å². The fourth-order valence-corrected chi connectivity index (χ4v) is 5.49. The fourth-order valence-electron chi connectivity index (χ4n) is 5.49. The molecule has 0 saturated carbocycles. The highest BCUT2D eigenvalue weighted by atomic mass is 16.2. The SMILES string of the molecule is O=C1NCCN2CCC[C@H]2C(=O)NCCN2CCC[C@H]2C(=O)NCCN2CCC[C@@H]12. The van der Waals surface area contributed by atoms with Crippen LogP contribution >= 0.6 is 0 Å². The Balaban J connectivity index is 1.42. The highest BCUT2D eigenvalue weighted by molar-refractivity contribution is 5.83. The average molecular weight is 421 g/mol. The molecule has 9 nitrogen and oxygen atoms in total. The first-order valence-electron chi connectivity index (χ1n) is 11.7. The van der Waals surface area contributed by atoms with Crippen molar-refractivity contribution >= 4 is 17.7 Å². The van der Waals surface area contributed by atoms with Crippen LogP contribution in [0.15, 0.2) is 0 Å². The summed E-state index contributed by atoms with van der Waals surface area (Å²) in [5.41, 5.74) is 0. The number of hydrogen-bond donors (Lipinski definition) is 3. The minimum Gasteiger partial charge on any atom is -0.353 e. The van der Waals surface area contributed by atoms with E-state index in [9.17, 15) is 14.4 Å². The van der Waals surface area contributed by atoms with E-state index in [0.717, 1.165) is 58.2 Å². The molecular formula is C21H36N6O3. The molecular weight excluding hydrogens is 384 g/mol. The van der Waals surface area contributed by atoms with Crippen LogP contribution in [0.25, 0.3) is 0 Å². The quantitative estimate of drug-likeness (QED) is 0.453. The van der Waals surface area contributed by atoms with Gasteiger partial charge in [0.1, 0.15) is 0 Å². The molecule has 0 radical (unpaired) electrons. The zero-order valence-corrected chi connectivity index (χ0v) is 17.9. The van der Waals surface area contributed by atoms with Gasteiger partial charge in [0.15, 0.2) is 0 Å². The summed E-state index contributed by atoms with van der Waals surface area (Å²) >= 11 is 0. The number of amides is 3. The Labute approximate surface area is 178 Å². The molecule has 4 rings (SSSR count). The Morgan fingerprint density at radius 1 is 0.500 bits per heavy atom. The molecule has 3 amide bonds. The molecule has 9 heteroatoms. The molecule has 3 atom stereocenters. The number of nitrogens with zero attached hydrogens (tertiary/aromatic N) is 3. The number of hydrogen-bond acceptors (Lipinski definition) is 6. The lowest BCUT2D eigenvalue weighted by Gasteiger charge is -2.28. The lowest BCUT2D eigenvalue weighted by atomic mass is 10.2. The van der Waals surface area contributed by atoms with E-state index in [-0.39, 0.29) is 35.8 Å². The van der Waals surface area contributed by atoms with E-state index >= 15 is 0 Å². The third-order valence-electron chi connectivity index (χ3n) is 7.09. The van der Waals surface area contributed by atoms with Crippen molar-refractivity contribution < 1.29 is 14.4 Å². The van der Waals surface area contributed by atoms with Crippen LogP contribution in [0.1, 0.15) is 38.5 Å². The minimum atomic E-state index is -0.110. The predicted octanol–water partition coefficient (Wildman–Crippen LogP) is -1.26. The lowest BCUT2D eigenvalue weighted by molar-refractivity contribution is -0.125. The molecule has 30 heavy (non-hydrogen) atoms. The zero-order chi connectivity index (χ0) is 20.9. The fraction of sp³-hybridized carbons (Fsp3) is 0.857. The highest BCUT2D eigenvalue weighted by Gasteiger charge is 2.34. The van der Waals surface area contributed by atoms with Gasteiger partial charge in [-0.05, 0) is 58.2 Å². The van der Waals surface area contributed by atoms with Crippen LogP contribution in [0, 0.1) is 0 Å².